The third-order valence-corrected chi connectivity index (χ3v) is 3.94. The zero-order valence-corrected chi connectivity index (χ0v) is 11.6. The van der Waals surface area contributed by atoms with Crippen LogP contribution in [0.3, 0.4) is 0 Å². The van der Waals surface area contributed by atoms with Crippen molar-refractivity contribution in [2.24, 2.45) is 5.73 Å². The van der Waals surface area contributed by atoms with Crippen LogP contribution >= 0.6 is 34.5 Å². The van der Waals surface area contributed by atoms with Crippen LogP contribution in [0.25, 0.3) is 0 Å². The van der Waals surface area contributed by atoms with Crippen molar-refractivity contribution in [2.75, 3.05) is 11.9 Å². The molecule has 3 N–H and O–H groups in total. The van der Waals surface area contributed by atoms with Crippen molar-refractivity contribution in [1.82, 2.24) is 0 Å². The number of benzene rings is 1. The van der Waals surface area contributed by atoms with Crippen LogP contribution in [0.5, 0.6) is 0 Å². The summed E-state index contributed by atoms with van der Waals surface area (Å²) in [6.45, 7) is 0.380. The average Bonchev–Trinajstić information content (AvgIpc) is 2.71. The van der Waals surface area contributed by atoms with Crippen molar-refractivity contribution in [3.8, 4) is 0 Å². The Kier molecular flexibility index (Phi) is 4.45. The Morgan fingerprint density at radius 2 is 2.06 bits per heavy atom. The highest BCUT2D eigenvalue weighted by Gasteiger charge is 2.12. The molecule has 0 amide bonds. The minimum absolute atomic E-state index is 0.111. The lowest BCUT2D eigenvalue weighted by atomic mass is 10.2. The van der Waals surface area contributed by atoms with E-state index in [0.29, 0.717) is 21.6 Å². The summed E-state index contributed by atoms with van der Waals surface area (Å²) < 4.78 is 13.9. The van der Waals surface area contributed by atoms with Gasteiger partial charge >= 0.3 is 0 Å². The van der Waals surface area contributed by atoms with Gasteiger partial charge in [0.15, 0.2) is 0 Å². The Morgan fingerprint density at radius 1 is 1.28 bits per heavy atom. The fourth-order valence-electron chi connectivity index (χ4n) is 1.60. The van der Waals surface area contributed by atoms with Gasteiger partial charge in [-0.2, -0.15) is 0 Å². The summed E-state index contributed by atoms with van der Waals surface area (Å²) in [6.07, 6.45) is 0. The Morgan fingerprint density at radius 3 is 2.61 bits per heavy atom. The van der Waals surface area contributed by atoms with E-state index >= 15 is 0 Å². The number of nitrogens with two attached hydrogens (primary N) is 1. The first-order valence-corrected chi connectivity index (χ1v) is 6.83. The van der Waals surface area contributed by atoms with Gasteiger partial charge in [0.1, 0.15) is 5.82 Å². The van der Waals surface area contributed by atoms with E-state index in [1.807, 2.05) is 12.1 Å². The average molecular weight is 305 g/mol. The van der Waals surface area contributed by atoms with Crippen molar-refractivity contribution in [3.63, 3.8) is 0 Å². The molecule has 1 aromatic carbocycles. The maximum absolute atomic E-state index is 13.2. The Hall–Kier alpha value is -0.810. The lowest BCUT2D eigenvalue weighted by molar-refractivity contribution is 0.628. The summed E-state index contributed by atoms with van der Waals surface area (Å²) in [5.41, 5.74) is 6.31. The SMILES string of the molecule is NCC(Nc1cc(F)cc(Cl)c1)c1ccc(Cl)s1. The molecule has 1 aromatic heterocycles. The van der Waals surface area contributed by atoms with E-state index in [9.17, 15) is 4.39 Å². The first-order chi connectivity index (χ1) is 8.58. The van der Waals surface area contributed by atoms with Gasteiger partial charge in [0.25, 0.3) is 0 Å². The highest BCUT2D eigenvalue weighted by atomic mass is 35.5. The lowest BCUT2D eigenvalue weighted by Crippen LogP contribution is -2.19. The molecule has 0 fully saturated rings. The highest BCUT2D eigenvalue weighted by molar-refractivity contribution is 7.16. The van der Waals surface area contributed by atoms with Crippen LogP contribution in [-0.2, 0) is 0 Å². The topological polar surface area (TPSA) is 38.0 Å². The van der Waals surface area contributed by atoms with Crippen LogP contribution in [0.1, 0.15) is 10.9 Å². The van der Waals surface area contributed by atoms with Gasteiger partial charge in [0, 0.05) is 22.1 Å². The summed E-state index contributed by atoms with van der Waals surface area (Å²) in [4.78, 5) is 1.00. The maximum Gasteiger partial charge on any atom is 0.126 e. The smallest absolute Gasteiger partial charge is 0.126 e. The van der Waals surface area contributed by atoms with E-state index < -0.39 is 0 Å². The van der Waals surface area contributed by atoms with E-state index in [-0.39, 0.29) is 11.9 Å². The Balaban J connectivity index is 2.20. The number of hydrogen-bond donors (Lipinski definition) is 2. The third kappa shape index (κ3) is 3.36. The number of hydrogen-bond acceptors (Lipinski definition) is 3. The Labute approximate surface area is 119 Å². The predicted molar refractivity (Wildman–Crippen MR) is 76.2 cm³/mol. The van der Waals surface area contributed by atoms with Gasteiger partial charge in [-0.3, -0.25) is 0 Å². The third-order valence-electron chi connectivity index (χ3n) is 2.38. The highest BCUT2D eigenvalue weighted by Crippen LogP contribution is 2.29. The molecule has 0 aliphatic heterocycles. The first-order valence-electron chi connectivity index (χ1n) is 5.26. The molecule has 0 radical (unpaired) electrons. The van der Waals surface area contributed by atoms with Gasteiger partial charge in [-0.15, -0.1) is 11.3 Å². The second-order valence-electron chi connectivity index (χ2n) is 3.73. The van der Waals surface area contributed by atoms with E-state index in [2.05, 4.69) is 5.32 Å². The molecule has 1 heterocycles. The van der Waals surface area contributed by atoms with Crippen molar-refractivity contribution in [3.05, 3.63) is 50.4 Å². The van der Waals surface area contributed by atoms with E-state index in [4.69, 9.17) is 28.9 Å². The molecule has 2 rings (SSSR count). The molecule has 0 saturated heterocycles. The molecule has 1 unspecified atom stereocenters. The standard InChI is InChI=1S/C12H11Cl2FN2S/c13-7-3-8(15)5-9(4-7)17-10(6-16)11-1-2-12(14)18-11/h1-5,10,17H,6,16H2. The zero-order chi connectivity index (χ0) is 13.1. The molecule has 0 aliphatic rings. The van der Waals surface area contributed by atoms with Gasteiger partial charge in [-0.1, -0.05) is 23.2 Å². The molecule has 6 heteroatoms. The van der Waals surface area contributed by atoms with Crippen LogP contribution < -0.4 is 11.1 Å². The van der Waals surface area contributed by atoms with Crippen LogP contribution in [-0.4, -0.2) is 6.54 Å². The second kappa shape index (κ2) is 5.89. The maximum atomic E-state index is 13.2. The minimum Gasteiger partial charge on any atom is -0.376 e. The largest absolute Gasteiger partial charge is 0.376 e. The first kappa shape index (κ1) is 13.6. The minimum atomic E-state index is -0.384. The van der Waals surface area contributed by atoms with Crippen LogP contribution in [0, 0.1) is 5.82 Å². The number of anilines is 1. The molecule has 96 valence electrons. The number of nitrogens with one attached hydrogen (secondary N) is 1. The van der Waals surface area contributed by atoms with Crippen molar-refractivity contribution < 1.29 is 4.39 Å². The van der Waals surface area contributed by atoms with Gasteiger partial charge < -0.3 is 11.1 Å². The number of halogens is 3. The van der Waals surface area contributed by atoms with Gasteiger partial charge in [-0.05, 0) is 30.3 Å². The molecular formula is C12H11Cl2FN2S. The lowest BCUT2D eigenvalue weighted by Gasteiger charge is -2.17. The monoisotopic (exact) mass is 304 g/mol. The zero-order valence-electron chi connectivity index (χ0n) is 9.29. The molecule has 2 nitrogen and oxygen atoms in total. The Bertz CT molecular complexity index is 524. The number of thiophene rings is 1. The molecule has 1 atom stereocenters. The van der Waals surface area contributed by atoms with Gasteiger partial charge in [0.05, 0.1) is 10.4 Å². The van der Waals surface area contributed by atoms with Crippen LogP contribution in [0.15, 0.2) is 30.3 Å². The fourth-order valence-corrected chi connectivity index (χ4v) is 2.95. The summed E-state index contributed by atoms with van der Waals surface area (Å²) in [7, 11) is 0. The molecule has 0 aliphatic carbocycles. The van der Waals surface area contributed by atoms with Crippen LogP contribution in [0.4, 0.5) is 10.1 Å². The molecule has 0 saturated carbocycles. The molecule has 18 heavy (non-hydrogen) atoms. The second-order valence-corrected chi connectivity index (χ2v) is 5.92. The van der Waals surface area contributed by atoms with Gasteiger partial charge in [-0.25, -0.2) is 4.39 Å². The normalized spacial score (nSPS) is 12.4. The molecular weight excluding hydrogens is 294 g/mol. The van der Waals surface area contributed by atoms with Crippen molar-refractivity contribution >= 4 is 40.2 Å². The van der Waals surface area contributed by atoms with Gasteiger partial charge in [0.2, 0.25) is 0 Å². The van der Waals surface area contributed by atoms with E-state index in [1.165, 1.54) is 23.5 Å². The molecule has 0 spiro atoms. The molecule has 2 aromatic rings. The van der Waals surface area contributed by atoms with Crippen molar-refractivity contribution in [1.29, 1.82) is 0 Å². The van der Waals surface area contributed by atoms with E-state index in [1.54, 1.807) is 6.07 Å². The summed E-state index contributed by atoms with van der Waals surface area (Å²) >= 11 is 13.1. The summed E-state index contributed by atoms with van der Waals surface area (Å²) in [6, 6.07) is 7.89. The number of rotatable bonds is 4. The van der Waals surface area contributed by atoms with Crippen LogP contribution in [0.2, 0.25) is 9.36 Å². The predicted octanol–water partition coefficient (Wildman–Crippen LogP) is 4.31. The van der Waals surface area contributed by atoms with E-state index in [0.717, 1.165) is 4.88 Å². The van der Waals surface area contributed by atoms with Crippen molar-refractivity contribution in [2.45, 2.75) is 6.04 Å². The quantitative estimate of drug-likeness (QED) is 0.883. The summed E-state index contributed by atoms with van der Waals surface area (Å²) in [5.74, 6) is -0.384. The fraction of sp³-hybridized carbons (Fsp3) is 0.167. The summed E-state index contributed by atoms with van der Waals surface area (Å²) in [5, 5.41) is 3.49. The molecule has 0 bridgehead atoms.